The molecule has 44 heavy (non-hydrogen) atoms. The maximum Gasteiger partial charge on any atom is 0.344 e. The molecule has 0 saturated carbocycles. The van der Waals surface area contributed by atoms with Crippen LogP contribution in [0.4, 0.5) is 4.79 Å². The van der Waals surface area contributed by atoms with Crippen molar-refractivity contribution in [1.29, 1.82) is 0 Å². The van der Waals surface area contributed by atoms with Gasteiger partial charge in [-0.05, 0) is 78.8 Å². The van der Waals surface area contributed by atoms with Crippen LogP contribution in [0.2, 0.25) is 0 Å². The molecule has 14 nitrogen and oxygen atoms in total. The molecule has 0 radical (unpaired) electrons. The van der Waals surface area contributed by atoms with E-state index in [9.17, 15) is 19.5 Å². The summed E-state index contributed by atoms with van der Waals surface area (Å²) in [5, 5.41) is 19.8. The van der Waals surface area contributed by atoms with Gasteiger partial charge in [-0.15, -0.1) is 0 Å². The minimum Gasteiger partial charge on any atom is -0.493 e. The molecule has 0 unspecified atom stereocenters. The third-order valence-electron chi connectivity index (χ3n) is 6.00. The predicted molar refractivity (Wildman–Crippen MR) is 167 cm³/mol. The standard InChI is InChI=1S/C29H35IN4O10/c1-6-41-21-12-18(26-25(28(37)40-5)16(3)32-29(38)33-26)8-9-20(21)43-14-23(35)34-31-13-17-10-19(30)27(22(11-17)39-4)44-15-24(36)42-7-2/h8-13,23,26,34-35H,6-7,14-15H2,1-5H3,(H2,32,33,38)/b31-13-/t23-,26-/m1/s1. The Balaban J connectivity index is 1.66. The normalized spacial score (nSPS) is 15.2. The van der Waals surface area contributed by atoms with E-state index in [1.807, 2.05) is 0 Å². The van der Waals surface area contributed by atoms with Crippen LogP contribution in [0.25, 0.3) is 0 Å². The Morgan fingerprint density at radius 2 is 1.86 bits per heavy atom. The molecule has 1 heterocycles. The van der Waals surface area contributed by atoms with Crippen molar-refractivity contribution in [1.82, 2.24) is 16.1 Å². The van der Waals surface area contributed by atoms with Gasteiger partial charge in [-0.25, -0.2) is 14.4 Å². The molecule has 0 fully saturated rings. The van der Waals surface area contributed by atoms with Crippen LogP contribution in [-0.2, 0) is 19.1 Å². The number of halogens is 1. The molecule has 1 aliphatic heterocycles. The van der Waals surface area contributed by atoms with Crippen molar-refractivity contribution in [3.63, 3.8) is 0 Å². The van der Waals surface area contributed by atoms with Crippen LogP contribution >= 0.6 is 22.6 Å². The molecule has 238 valence electrons. The number of benzene rings is 2. The lowest BCUT2D eigenvalue weighted by atomic mass is 9.95. The molecule has 0 spiro atoms. The van der Waals surface area contributed by atoms with Crippen LogP contribution in [0.5, 0.6) is 23.0 Å². The number of nitrogens with one attached hydrogen (secondary N) is 3. The van der Waals surface area contributed by atoms with Gasteiger partial charge in [0.05, 0.1) is 48.8 Å². The Morgan fingerprint density at radius 1 is 1.09 bits per heavy atom. The van der Waals surface area contributed by atoms with Gasteiger partial charge in [-0.1, -0.05) is 6.07 Å². The third-order valence-corrected chi connectivity index (χ3v) is 6.80. The number of carbonyl (C=O) groups excluding carboxylic acids is 3. The van der Waals surface area contributed by atoms with Crippen molar-refractivity contribution in [2.45, 2.75) is 33.0 Å². The van der Waals surface area contributed by atoms with Crippen LogP contribution in [0.3, 0.4) is 0 Å². The molecule has 2 aromatic carbocycles. The van der Waals surface area contributed by atoms with Gasteiger partial charge in [0.1, 0.15) is 6.61 Å². The number of urea groups is 1. The molecular formula is C29H35IN4O10. The molecule has 0 aliphatic carbocycles. The molecule has 2 aromatic rings. The molecule has 15 heteroatoms. The topological polar surface area (TPSA) is 175 Å². The van der Waals surface area contributed by atoms with Gasteiger partial charge < -0.3 is 44.2 Å². The maximum atomic E-state index is 12.4. The number of hydrazone groups is 1. The molecule has 3 rings (SSSR count). The number of aliphatic hydroxyl groups is 1. The summed E-state index contributed by atoms with van der Waals surface area (Å²) in [6, 6.07) is 7.15. The highest BCUT2D eigenvalue weighted by molar-refractivity contribution is 14.1. The number of allylic oxidation sites excluding steroid dienone is 1. The summed E-state index contributed by atoms with van der Waals surface area (Å²) in [6.07, 6.45) is 0.291. The molecule has 0 saturated heterocycles. The van der Waals surface area contributed by atoms with Crippen molar-refractivity contribution < 1.29 is 47.9 Å². The first-order chi connectivity index (χ1) is 21.1. The van der Waals surface area contributed by atoms with E-state index in [2.05, 4.69) is 43.8 Å². The number of rotatable bonds is 15. The number of esters is 2. The van der Waals surface area contributed by atoms with E-state index in [-0.39, 0.29) is 25.4 Å². The lowest BCUT2D eigenvalue weighted by Crippen LogP contribution is -2.45. The highest BCUT2D eigenvalue weighted by Crippen LogP contribution is 2.35. The van der Waals surface area contributed by atoms with Gasteiger partial charge in [0.25, 0.3) is 0 Å². The molecular weight excluding hydrogens is 691 g/mol. The zero-order valence-electron chi connectivity index (χ0n) is 24.9. The van der Waals surface area contributed by atoms with Gasteiger partial charge in [0.15, 0.2) is 35.8 Å². The smallest absolute Gasteiger partial charge is 0.344 e. The molecule has 2 amide bonds. The molecule has 1 aliphatic rings. The fraction of sp³-hybridized carbons (Fsp3) is 0.379. The summed E-state index contributed by atoms with van der Waals surface area (Å²) in [5.74, 6) is 0.397. The number of hydrogen-bond acceptors (Lipinski definition) is 12. The minimum atomic E-state index is -1.19. The monoisotopic (exact) mass is 726 g/mol. The van der Waals surface area contributed by atoms with Crippen LogP contribution in [-0.4, -0.2) is 76.2 Å². The van der Waals surface area contributed by atoms with Crippen molar-refractivity contribution in [3.05, 3.63) is 56.3 Å². The maximum absolute atomic E-state index is 12.4. The Bertz CT molecular complexity index is 1410. The van der Waals surface area contributed by atoms with Crippen LogP contribution in [0.15, 0.2) is 46.7 Å². The van der Waals surface area contributed by atoms with Crippen LogP contribution < -0.4 is 35.0 Å². The van der Waals surface area contributed by atoms with Gasteiger partial charge in [0, 0.05) is 5.70 Å². The Kier molecular flexibility index (Phi) is 12.9. The van der Waals surface area contributed by atoms with Crippen molar-refractivity contribution in [3.8, 4) is 23.0 Å². The van der Waals surface area contributed by atoms with Gasteiger partial charge in [0.2, 0.25) is 0 Å². The SMILES string of the molecule is CCOC(=O)COc1c(I)cc(/C=N\N[C@H](O)COc2ccc([C@H]3NC(=O)NC(C)=C3C(=O)OC)cc2OCC)cc1OC. The Labute approximate surface area is 268 Å². The quantitative estimate of drug-likeness (QED) is 0.0699. The number of carbonyl (C=O) groups is 3. The van der Waals surface area contributed by atoms with E-state index in [4.69, 9.17) is 28.4 Å². The second-order valence-corrected chi connectivity index (χ2v) is 10.2. The minimum absolute atomic E-state index is 0.186. The fourth-order valence-electron chi connectivity index (χ4n) is 4.11. The van der Waals surface area contributed by atoms with Crippen LogP contribution in [0, 0.1) is 3.57 Å². The fourth-order valence-corrected chi connectivity index (χ4v) is 4.89. The summed E-state index contributed by atoms with van der Waals surface area (Å²) in [4.78, 5) is 36.2. The van der Waals surface area contributed by atoms with Gasteiger partial charge in [-0.2, -0.15) is 5.10 Å². The average molecular weight is 727 g/mol. The van der Waals surface area contributed by atoms with E-state index in [1.165, 1.54) is 20.4 Å². The summed E-state index contributed by atoms with van der Waals surface area (Å²) in [6.45, 7) is 5.26. The number of aliphatic hydroxyl groups excluding tert-OH is 1. The second-order valence-electron chi connectivity index (χ2n) is 9.04. The first-order valence-electron chi connectivity index (χ1n) is 13.5. The summed E-state index contributed by atoms with van der Waals surface area (Å²) >= 11 is 2.05. The lowest BCUT2D eigenvalue weighted by molar-refractivity contribution is -0.145. The van der Waals surface area contributed by atoms with Gasteiger partial charge in [-0.3, -0.25) is 5.43 Å². The summed E-state index contributed by atoms with van der Waals surface area (Å²) in [5.41, 5.74) is 4.44. The van der Waals surface area contributed by atoms with E-state index in [0.29, 0.717) is 50.0 Å². The Hall–Kier alpha value is -4.25. The van der Waals surface area contributed by atoms with E-state index < -0.39 is 30.2 Å². The van der Waals surface area contributed by atoms with E-state index in [0.717, 1.165) is 0 Å². The molecule has 2 atom stereocenters. The summed E-state index contributed by atoms with van der Waals surface area (Å²) < 4.78 is 32.9. The zero-order valence-corrected chi connectivity index (χ0v) is 27.1. The number of nitrogens with zero attached hydrogens (tertiary/aromatic N) is 1. The first-order valence-corrected chi connectivity index (χ1v) is 14.6. The first kappa shape index (κ1) is 34.2. The largest absolute Gasteiger partial charge is 0.493 e. The second kappa shape index (κ2) is 16.6. The highest BCUT2D eigenvalue weighted by atomic mass is 127. The summed E-state index contributed by atoms with van der Waals surface area (Å²) in [7, 11) is 2.74. The molecule has 0 bridgehead atoms. The highest BCUT2D eigenvalue weighted by Gasteiger charge is 2.32. The zero-order chi connectivity index (χ0) is 32.2. The average Bonchev–Trinajstić information content (AvgIpc) is 2.99. The van der Waals surface area contributed by atoms with E-state index in [1.54, 1.807) is 51.1 Å². The van der Waals surface area contributed by atoms with Crippen molar-refractivity contribution >= 4 is 46.8 Å². The van der Waals surface area contributed by atoms with Crippen molar-refractivity contribution in [2.75, 3.05) is 40.6 Å². The molecule has 4 N–H and O–H groups in total. The van der Waals surface area contributed by atoms with Gasteiger partial charge >= 0.3 is 18.0 Å². The number of methoxy groups -OCH3 is 2. The lowest BCUT2D eigenvalue weighted by Gasteiger charge is -2.28. The third kappa shape index (κ3) is 9.12. The number of ether oxygens (including phenoxy) is 6. The van der Waals surface area contributed by atoms with E-state index >= 15 is 0 Å². The van der Waals surface area contributed by atoms with Crippen molar-refractivity contribution in [2.24, 2.45) is 5.10 Å². The number of hydrogen-bond donors (Lipinski definition) is 4. The van der Waals surface area contributed by atoms with Crippen LogP contribution in [0.1, 0.15) is 37.9 Å². The Morgan fingerprint density at radius 3 is 2.55 bits per heavy atom. The molecule has 0 aromatic heterocycles. The number of amides is 2. The predicted octanol–water partition coefficient (Wildman–Crippen LogP) is 2.76.